The molecule has 0 atom stereocenters. The number of rotatable bonds is 6. The first-order valence-electron chi connectivity index (χ1n) is 6.02. The van der Waals surface area contributed by atoms with E-state index < -0.39 is 0 Å². The molecule has 94 valence electrons. The van der Waals surface area contributed by atoms with E-state index in [1.807, 2.05) is 6.07 Å². The van der Waals surface area contributed by atoms with Crippen LogP contribution < -0.4 is 5.32 Å². The minimum atomic E-state index is 0.0859. The standard InChI is InChI=1S/C14H20ClNO/c1-11-5-6-13(9-12(11)2)10-14(17)16-8-4-3-7-15/h5-6,9H,3-4,7-8,10H2,1-2H3,(H,16,17). The number of carbonyl (C=O) groups is 1. The highest BCUT2D eigenvalue weighted by molar-refractivity contribution is 6.17. The van der Waals surface area contributed by atoms with E-state index in [-0.39, 0.29) is 5.91 Å². The van der Waals surface area contributed by atoms with E-state index in [2.05, 4.69) is 31.3 Å². The molecule has 0 heterocycles. The maximum absolute atomic E-state index is 11.6. The van der Waals surface area contributed by atoms with Gasteiger partial charge in [0.05, 0.1) is 6.42 Å². The normalized spacial score (nSPS) is 10.3. The predicted octanol–water partition coefficient (Wildman–Crippen LogP) is 2.98. The number of hydrogen-bond acceptors (Lipinski definition) is 1. The molecule has 1 aromatic carbocycles. The molecule has 0 radical (unpaired) electrons. The summed E-state index contributed by atoms with van der Waals surface area (Å²) in [5.74, 6) is 0.746. The number of carbonyl (C=O) groups excluding carboxylic acids is 1. The lowest BCUT2D eigenvalue weighted by atomic mass is 10.0. The lowest BCUT2D eigenvalue weighted by Crippen LogP contribution is -2.26. The van der Waals surface area contributed by atoms with Gasteiger partial charge in [-0.2, -0.15) is 0 Å². The molecule has 0 aliphatic heterocycles. The van der Waals surface area contributed by atoms with Gasteiger partial charge in [-0.25, -0.2) is 0 Å². The highest BCUT2D eigenvalue weighted by atomic mass is 35.5. The molecule has 1 N–H and O–H groups in total. The zero-order valence-corrected chi connectivity index (χ0v) is 11.3. The molecule has 1 amide bonds. The Balaban J connectivity index is 2.37. The maximum atomic E-state index is 11.6. The van der Waals surface area contributed by atoms with E-state index in [1.54, 1.807) is 0 Å². The van der Waals surface area contributed by atoms with Gasteiger partial charge in [-0.1, -0.05) is 18.2 Å². The van der Waals surface area contributed by atoms with Crippen LogP contribution >= 0.6 is 11.6 Å². The van der Waals surface area contributed by atoms with Crippen molar-refractivity contribution in [2.24, 2.45) is 0 Å². The Morgan fingerprint density at radius 3 is 2.65 bits per heavy atom. The molecular weight excluding hydrogens is 234 g/mol. The van der Waals surface area contributed by atoms with Crippen LogP contribution in [0, 0.1) is 13.8 Å². The molecule has 0 fully saturated rings. The van der Waals surface area contributed by atoms with Gasteiger partial charge in [0.1, 0.15) is 0 Å². The SMILES string of the molecule is Cc1ccc(CC(=O)NCCCCCl)cc1C. The molecule has 2 nitrogen and oxygen atoms in total. The first kappa shape index (κ1) is 14.0. The molecule has 0 aliphatic rings. The van der Waals surface area contributed by atoms with Crippen LogP contribution in [0.3, 0.4) is 0 Å². The third kappa shape index (κ3) is 5.22. The highest BCUT2D eigenvalue weighted by Crippen LogP contribution is 2.10. The molecule has 1 rings (SSSR count). The Hall–Kier alpha value is -1.02. The molecule has 0 saturated carbocycles. The first-order chi connectivity index (χ1) is 8.13. The third-order valence-corrected chi connectivity index (χ3v) is 3.09. The minimum Gasteiger partial charge on any atom is -0.356 e. The van der Waals surface area contributed by atoms with Crippen molar-refractivity contribution in [3.05, 3.63) is 34.9 Å². The van der Waals surface area contributed by atoms with Gasteiger partial charge in [0.2, 0.25) is 5.91 Å². The van der Waals surface area contributed by atoms with Gasteiger partial charge < -0.3 is 5.32 Å². The Kier molecular flexibility index (Phi) is 6.06. The van der Waals surface area contributed by atoms with Crippen molar-refractivity contribution in [2.45, 2.75) is 33.1 Å². The summed E-state index contributed by atoms with van der Waals surface area (Å²) >= 11 is 5.57. The van der Waals surface area contributed by atoms with Crippen LogP contribution in [-0.2, 0) is 11.2 Å². The van der Waals surface area contributed by atoms with Gasteiger partial charge in [0.25, 0.3) is 0 Å². The number of unbranched alkanes of at least 4 members (excludes halogenated alkanes) is 1. The molecule has 0 spiro atoms. The fourth-order valence-electron chi connectivity index (χ4n) is 1.61. The Morgan fingerprint density at radius 1 is 1.24 bits per heavy atom. The minimum absolute atomic E-state index is 0.0859. The van der Waals surface area contributed by atoms with Crippen LogP contribution in [0.15, 0.2) is 18.2 Å². The van der Waals surface area contributed by atoms with Gasteiger partial charge in [-0.15, -0.1) is 11.6 Å². The smallest absolute Gasteiger partial charge is 0.224 e. The molecule has 0 aromatic heterocycles. The molecular formula is C14H20ClNO. The van der Waals surface area contributed by atoms with Crippen LogP contribution in [0.4, 0.5) is 0 Å². The summed E-state index contributed by atoms with van der Waals surface area (Å²) in [5.41, 5.74) is 3.57. The van der Waals surface area contributed by atoms with Crippen molar-refractivity contribution in [3.63, 3.8) is 0 Å². The largest absolute Gasteiger partial charge is 0.356 e. The number of benzene rings is 1. The van der Waals surface area contributed by atoms with Crippen molar-refractivity contribution in [1.82, 2.24) is 5.32 Å². The van der Waals surface area contributed by atoms with Crippen molar-refractivity contribution in [2.75, 3.05) is 12.4 Å². The summed E-state index contributed by atoms with van der Waals surface area (Å²) in [4.78, 5) is 11.6. The summed E-state index contributed by atoms with van der Waals surface area (Å²) in [5, 5.41) is 2.90. The predicted molar refractivity (Wildman–Crippen MR) is 72.6 cm³/mol. The van der Waals surface area contributed by atoms with E-state index in [9.17, 15) is 4.79 Å². The zero-order valence-electron chi connectivity index (χ0n) is 10.6. The van der Waals surface area contributed by atoms with Crippen molar-refractivity contribution < 1.29 is 4.79 Å². The first-order valence-corrected chi connectivity index (χ1v) is 6.55. The molecule has 3 heteroatoms. The number of nitrogens with one attached hydrogen (secondary N) is 1. The van der Waals surface area contributed by atoms with Gasteiger partial charge in [-0.05, 0) is 43.4 Å². The number of alkyl halides is 1. The molecule has 0 saturated heterocycles. The monoisotopic (exact) mass is 253 g/mol. The average molecular weight is 254 g/mol. The van der Waals surface area contributed by atoms with E-state index in [0.717, 1.165) is 24.9 Å². The second-order valence-corrected chi connectivity index (χ2v) is 4.72. The van der Waals surface area contributed by atoms with Gasteiger partial charge in [0, 0.05) is 12.4 Å². The quantitative estimate of drug-likeness (QED) is 0.613. The van der Waals surface area contributed by atoms with Crippen LogP contribution in [-0.4, -0.2) is 18.3 Å². The lowest BCUT2D eigenvalue weighted by Gasteiger charge is -2.06. The number of aryl methyl sites for hydroxylation is 2. The summed E-state index contributed by atoms with van der Waals surface area (Å²) in [7, 11) is 0. The topological polar surface area (TPSA) is 29.1 Å². The molecule has 0 unspecified atom stereocenters. The zero-order chi connectivity index (χ0) is 12.7. The number of hydrogen-bond donors (Lipinski definition) is 1. The van der Waals surface area contributed by atoms with Gasteiger partial charge in [-0.3, -0.25) is 4.79 Å². The number of halogens is 1. The second-order valence-electron chi connectivity index (χ2n) is 4.34. The third-order valence-electron chi connectivity index (χ3n) is 2.82. The Morgan fingerprint density at radius 2 is 2.00 bits per heavy atom. The highest BCUT2D eigenvalue weighted by Gasteiger charge is 2.03. The van der Waals surface area contributed by atoms with E-state index in [0.29, 0.717) is 12.3 Å². The second kappa shape index (κ2) is 7.33. The van der Waals surface area contributed by atoms with Gasteiger partial charge in [0.15, 0.2) is 0 Å². The summed E-state index contributed by atoms with van der Waals surface area (Å²) in [6.45, 7) is 4.86. The van der Waals surface area contributed by atoms with E-state index in [1.165, 1.54) is 11.1 Å². The fraction of sp³-hybridized carbons (Fsp3) is 0.500. The summed E-state index contributed by atoms with van der Waals surface area (Å²) in [6.07, 6.45) is 2.36. The maximum Gasteiger partial charge on any atom is 0.224 e. The van der Waals surface area contributed by atoms with Crippen molar-refractivity contribution in [1.29, 1.82) is 0 Å². The molecule has 0 bridgehead atoms. The van der Waals surface area contributed by atoms with E-state index in [4.69, 9.17) is 11.6 Å². The van der Waals surface area contributed by atoms with Crippen LogP contribution in [0.25, 0.3) is 0 Å². The molecule has 17 heavy (non-hydrogen) atoms. The van der Waals surface area contributed by atoms with Crippen molar-refractivity contribution >= 4 is 17.5 Å². The van der Waals surface area contributed by atoms with Crippen LogP contribution in [0.1, 0.15) is 29.5 Å². The fourth-order valence-corrected chi connectivity index (χ4v) is 1.80. The van der Waals surface area contributed by atoms with E-state index >= 15 is 0 Å². The van der Waals surface area contributed by atoms with Crippen LogP contribution in [0.2, 0.25) is 0 Å². The lowest BCUT2D eigenvalue weighted by molar-refractivity contribution is -0.120. The summed E-state index contributed by atoms with van der Waals surface area (Å²) < 4.78 is 0. The molecule has 1 aromatic rings. The van der Waals surface area contributed by atoms with Crippen LogP contribution in [0.5, 0.6) is 0 Å². The number of amides is 1. The van der Waals surface area contributed by atoms with Gasteiger partial charge >= 0.3 is 0 Å². The summed E-state index contributed by atoms with van der Waals surface area (Å²) in [6, 6.07) is 6.15. The Bertz CT molecular complexity index is 376. The Labute approximate surface area is 108 Å². The molecule has 0 aliphatic carbocycles. The van der Waals surface area contributed by atoms with Crippen molar-refractivity contribution in [3.8, 4) is 0 Å². The average Bonchev–Trinajstić information content (AvgIpc) is 2.30.